The van der Waals surface area contributed by atoms with Crippen molar-refractivity contribution in [3.05, 3.63) is 76.3 Å². The maximum atomic E-state index is 13.7. The van der Waals surface area contributed by atoms with Crippen LogP contribution in [0.25, 0.3) is 0 Å². The summed E-state index contributed by atoms with van der Waals surface area (Å²) in [4.78, 5) is 37.0. The number of aromatic carboxylic acids is 1. The zero-order chi connectivity index (χ0) is 24.6. The number of carboxylic acid groups (broad SMARTS) is 1. The van der Waals surface area contributed by atoms with Crippen molar-refractivity contribution < 1.29 is 28.2 Å². The lowest BCUT2D eigenvalue weighted by atomic mass is 10.1. The molecule has 0 spiro atoms. The van der Waals surface area contributed by atoms with Gasteiger partial charge in [0.2, 0.25) is 5.43 Å². The van der Waals surface area contributed by atoms with Gasteiger partial charge < -0.3 is 26.3 Å². The van der Waals surface area contributed by atoms with Crippen LogP contribution in [0.15, 0.2) is 59.6 Å². The van der Waals surface area contributed by atoms with E-state index in [2.05, 4.69) is 23.9 Å². The molecule has 5 N–H and O–H groups in total. The van der Waals surface area contributed by atoms with Crippen molar-refractivity contribution in [2.24, 2.45) is 5.73 Å². The van der Waals surface area contributed by atoms with Crippen LogP contribution in [0.3, 0.4) is 0 Å². The Hall–Kier alpha value is -3.73. The van der Waals surface area contributed by atoms with Crippen LogP contribution in [0.1, 0.15) is 34.7 Å². The topological polar surface area (TPSA) is 136 Å². The van der Waals surface area contributed by atoms with E-state index < -0.39 is 64.1 Å². The highest BCUT2D eigenvalue weighted by molar-refractivity contribution is 5.96. The largest absolute Gasteiger partial charge is 0.490 e. The van der Waals surface area contributed by atoms with Crippen LogP contribution in [-0.4, -0.2) is 47.4 Å². The van der Waals surface area contributed by atoms with Gasteiger partial charge in [-0.1, -0.05) is 25.3 Å². The molecule has 1 rings (SSSR count). The number of nitrogens with one attached hydrogen (secondary N) is 2. The normalized spacial score (nSPS) is 13.7. The second-order valence-corrected chi connectivity index (χ2v) is 6.71. The van der Waals surface area contributed by atoms with Crippen LogP contribution in [0.5, 0.6) is 5.75 Å². The SMILES string of the molecule is C=C/C(F)=C(/CNC(=O)c1cn(N[C@H](C)/C=C\[C@H](C)N)c(C(=O)O)c(OC)c1=O)C(=C)F. The average Bonchev–Trinajstić information content (AvgIpc) is 2.71. The van der Waals surface area contributed by atoms with Gasteiger partial charge in [0.05, 0.1) is 13.2 Å². The average molecular weight is 452 g/mol. The third-order valence-corrected chi connectivity index (χ3v) is 4.08. The van der Waals surface area contributed by atoms with Gasteiger partial charge in [0.1, 0.15) is 17.2 Å². The van der Waals surface area contributed by atoms with Crippen LogP contribution >= 0.6 is 0 Å². The molecule has 0 saturated heterocycles. The zero-order valence-electron chi connectivity index (χ0n) is 17.9. The Morgan fingerprint density at radius 2 is 1.97 bits per heavy atom. The summed E-state index contributed by atoms with van der Waals surface area (Å²) in [5, 5.41) is 11.8. The Morgan fingerprint density at radius 1 is 1.34 bits per heavy atom. The molecule has 32 heavy (non-hydrogen) atoms. The minimum Gasteiger partial charge on any atom is -0.490 e. The minimum atomic E-state index is -1.49. The molecule has 1 amide bonds. The van der Waals surface area contributed by atoms with E-state index in [0.29, 0.717) is 0 Å². The molecular weight excluding hydrogens is 426 g/mol. The van der Waals surface area contributed by atoms with E-state index in [4.69, 9.17) is 10.5 Å². The second kappa shape index (κ2) is 11.6. The molecule has 0 saturated carbocycles. The number of amides is 1. The highest BCUT2D eigenvalue weighted by atomic mass is 19.1. The highest BCUT2D eigenvalue weighted by Gasteiger charge is 2.25. The Morgan fingerprint density at radius 3 is 2.44 bits per heavy atom. The zero-order valence-corrected chi connectivity index (χ0v) is 17.9. The molecule has 9 nitrogen and oxygen atoms in total. The van der Waals surface area contributed by atoms with Gasteiger partial charge in [0, 0.05) is 24.4 Å². The molecule has 11 heteroatoms. The number of pyridine rings is 1. The summed E-state index contributed by atoms with van der Waals surface area (Å²) in [5.41, 5.74) is 5.79. The van der Waals surface area contributed by atoms with Crippen molar-refractivity contribution in [3.8, 4) is 5.75 Å². The third-order valence-electron chi connectivity index (χ3n) is 4.08. The molecule has 0 fully saturated rings. The predicted molar refractivity (Wildman–Crippen MR) is 117 cm³/mol. The summed E-state index contributed by atoms with van der Waals surface area (Å²) in [5.74, 6) is -5.28. The van der Waals surface area contributed by atoms with Gasteiger partial charge in [0.15, 0.2) is 11.4 Å². The number of aromatic nitrogens is 1. The number of allylic oxidation sites excluding steroid dienone is 2. The first-order chi connectivity index (χ1) is 14.9. The van der Waals surface area contributed by atoms with Gasteiger partial charge in [-0.3, -0.25) is 14.3 Å². The molecule has 0 radical (unpaired) electrons. The smallest absolute Gasteiger partial charge is 0.358 e. The fraction of sp³-hybridized carbons (Fsp3) is 0.286. The standard InChI is InChI=1S/C21H26F2N4O5/c1-6-16(23)14(13(4)22)9-25-20(29)15-10-27(26-12(3)8-7-11(2)24)17(21(30)31)19(32-5)18(15)28/h6-8,10-12,26H,1,4,9,24H2,2-3,5H3,(H,25,29)(H,30,31)/b8-7-,16-14+/t11-,12+/m0/s1. The Labute approximate surface area is 183 Å². The fourth-order valence-corrected chi connectivity index (χ4v) is 2.55. The molecule has 1 aromatic heterocycles. The van der Waals surface area contributed by atoms with Gasteiger partial charge in [-0.25, -0.2) is 13.6 Å². The van der Waals surface area contributed by atoms with Crippen molar-refractivity contribution in [2.75, 3.05) is 19.1 Å². The number of ether oxygens (including phenoxy) is 1. The molecule has 1 heterocycles. The molecular formula is C21H26F2N4O5. The number of nitrogens with zero attached hydrogens (tertiary/aromatic N) is 1. The van der Waals surface area contributed by atoms with Crippen molar-refractivity contribution in [3.63, 3.8) is 0 Å². The number of halogens is 2. The Bertz CT molecular complexity index is 1030. The van der Waals surface area contributed by atoms with Gasteiger partial charge >= 0.3 is 5.97 Å². The van der Waals surface area contributed by atoms with Crippen molar-refractivity contribution >= 4 is 11.9 Å². The van der Waals surface area contributed by atoms with Crippen molar-refractivity contribution in [1.82, 2.24) is 9.99 Å². The van der Waals surface area contributed by atoms with E-state index in [1.165, 1.54) is 0 Å². The number of methoxy groups -OCH3 is 1. The van der Waals surface area contributed by atoms with E-state index in [0.717, 1.165) is 24.1 Å². The lowest BCUT2D eigenvalue weighted by Crippen LogP contribution is -2.36. The monoisotopic (exact) mass is 452 g/mol. The summed E-state index contributed by atoms with van der Waals surface area (Å²) in [6, 6.07) is -0.722. The number of hydrogen-bond donors (Lipinski definition) is 4. The maximum Gasteiger partial charge on any atom is 0.358 e. The van der Waals surface area contributed by atoms with Crippen LogP contribution in [0.2, 0.25) is 0 Å². The van der Waals surface area contributed by atoms with Crippen LogP contribution in [0, 0.1) is 0 Å². The summed E-state index contributed by atoms with van der Waals surface area (Å²) < 4.78 is 33.1. The van der Waals surface area contributed by atoms with E-state index in [9.17, 15) is 28.3 Å². The number of carbonyl (C=O) groups excluding carboxylic acids is 1. The van der Waals surface area contributed by atoms with Crippen LogP contribution < -0.4 is 26.6 Å². The van der Waals surface area contributed by atoms with Crippen molar-refractivity contribution in [2.45, 2.75) is 25.9 Å². The molecule has 0 aliphatic heterocycles. The lowest BCUT2D eigenvalue weighted by molar-refractivity contribution is 0.0680. The lowest BCUT2D eigenvalue weighted by Gasteiger charge is -2.20. The maximum absolute atomic E-state index is 13.7. The molecule has 174 valence electrons. The molecule has 0 unspecified atom stereocenters. The number of carboxylic acids is 1. The van der Waals surface area contributed by atoms with E-state index in [-0.39, 0.29) is 6.04 Å². The van der Waals surface area contributed by atoms with Gasteiger partial charge in [-0.05, 0) is 19.9 Å². The summed E-state index contributed by atoms with van der Waals surface area (Å²) >= 11 is 0. The number of hydrogen-bond acceptors (Lipinski definition) is 6. The molecule has 2 atom stereocenters. The Kier molecular flexibility index (Phi) is 9.54. The quantitative estimate of drug-likeness (QED) is 0.298. The van der Waals surface area contributed by atoms with Gasteiger partial charge in [-0.2, -0.15) is 0 Å². The number of nitrogens with two attached hydrogens (primary N) is 1. The summed E-state index contributed by atoms with van der Waals surface area (Å²) in [6.45, 7) is 8.95. The Balaban J connectivity index is 3.45. The second-order valence-electron chi connectivity index (χ2n) is 6.71. The molecule has 0 aromatic carbocycles. The number of carbonyl (C=O) groups is 2. The highest BCUT2D eigenvalue weighted by Crippen LogP contribution is 2.17. The first-order valence-corrected chi connectivity index (χ1v) is 9.35. The minimum absolute atomic E-state index is 0.258. The van der Waals surface area contributed by atoms with Crippen LogP contribution in [-0.2, 0) is 0 Å². The summed E-state index contributed by atoms with van der Waals surface area (Å²) in [7, 11) is 1.07. The van der Waals surface area contributed by atoms with Gasteiger partial charge in [-0.15, -0.1) is 0 Å². The van der Waals surface area contributed by atoms with E-state index >= 15 is 0 Å². The molecule has 0 bridgehead atoms. The molecule has 1 aromatic rings. The molecule has 0 aliphatic carbocycles. The predicted octanol–water partition coefficient (Wildman–Crippen LogP) is 2.01. The first-order valence-electron chi connectivity index (χ1n) is 9.35. The van der Waals surface area contributed by atoms with Crippen LogP contribution in [0.4, 0.5) is 8.78 Å². The molecule has 0 aliphatic rings. The first kappa shape index (κ1) is 26.3. The van der Waals surface area contributed by atoms with E-state index in [1.54, 1.807) is 26.0 Å². The third kappa shape index (κ3) is 6.64. The van der Waals surface area contributed by atoms with Crippen molar-refractivity contribution in [1.29, 1.82) is 0 Å². The van der Waals surface area contributed by atoms with E-state index in [1.807, 2.05) is 0 Å². The fourth-order valence-electron chi connectivity index (χ4n) is 2.55. The number of rotatable bonds is 11. The summed E-state index contributed by atoms with van der Waals surface area (Å²) in [6.07, 6.45) is 5.02. The van der Waals surface area contributed by atoms with Gasteiger partial charge in [0.25, 0.3) is 5.91 Å².